The van der Waals surface area contributed by atoms with E-state index in [1.54, 1.807) is 5.57 Å². The molecule has 0 aromatic carbocycles. The zero-order valence-electron chi connectivity index (χ0n) is 21.1. The molecule has 0 fully saturated rings. The predicted molar refractivity (Wildman–Crippen MR) is 135 cm³/mol. The van der Waals surface area contributed by atoms with Crippen molar-refractivity contribution < 1.29 is 19.8 Å². The van der Waals surface area contributed by atoms with Crippen LogP contribution < -0.4 is 0 Å². The topological polar surface area (TPSA) is 74.6 Å². The standard InChI is InChI=1S/C28H52O4/c1-2-3-16-21-26(23-18-13-11-15-20-25-28(31)32)22-17-12-9-7-5-4-6-8-10-14-19-24-27(29)30/h21H,2-20,22-25H2,1H3,(H,29,30)(H,31,32)/b26-21-. The molecule has 0 spiro atoms. The summed E-state index contributed by atoms with van der Waals surface area (Å²) in [4.78, 5) is 21.0. The lowest BCUT2D eigenvalue weighted by atomic mass is 9.98. The van der Waals surface area contributed by atoms with E-state index in [0.29, 0.717) is 12.8 Å². The number of rotatable bonds is 25. The van der Waals surface area contributed by atoms with Crippen LogP contribution in [0.25, 0.3) is 0 Å². The van der Waals surface area contributed by atoms with Gasteiger partial charge >= 0.3 is 11.9 Å². The predicted octanol–water partition coefficient (Wildman–Crippen LogP) is 9.07. The number of carbonyl (C=O) groups is 2. The molecule has 0 saturated carbocycles. The summed E-state index contributed by atoms with van der Waals surface area (Å²) in [5, 5.41) is 17.3. The summed E-state index contributed by atoms with van der Waals surface area (Å²) in [7, 11) is 0. The molecule has 0 aromatic heterocycles. The van der Waals surface area contributed by atoms with E-state index in [1.807, 2.05) is 0 Å². The maximum absolute atomic E-state index is 10.6. The van der Waals surface area contributed by atoms with E-state index in [0.717, 1.165) is 32.1 Å². The highest BCUT2D eigenvalue weighted by Crippen LogP contribution is 2.20. The van der Waals surface area contributed by atoms with Crippen molar-refractivity contribution >= 4 is 11.9 Å². The van der Waals surface area contributed by atoms with Crippen molar-refractivity contribution in [3.8, 4) is 0 Å². The molecule has 0 heterocycles. The van der Waals surface area contributed by atoms with Crippen LogP contribution in [-0.2, 0) is 9.59 Å². The van der Waals surface area contributed by atoms with Crippen LogP contribution in [0, 0.1) is 0 Å². The van der Waals surface area contributed by atoms with E-state index < -0.39 is 11.9 Å². The molecule has 0 saturated heterocycles. The maximum Gasteiger partial charge on any atom is 0.303 e. The molecule has 0 unspecified atom stereocenters. The lowest BCUT2D eigenvalue weighted by Gasteiger charge is -2.09. The molecule has 0 aliphatic heterocycles. The van der Waals surface area contributed by atoms with E-state index in [2.05, 4.69) is 13.0 Å². The Morgan fingerprint density at radius 2 is 0.812 bits per heavy atom. The van der Waals surface area contributed by atoms with Crippen LogP contribution in [0.5, 0.6) is 0 Å². The summed E-state index contributed by atoms with van der Waals surface area (Å²) >= 11 is 0. The van der Waals surface area contributed by atoms with Gasteiger partial charge in [-0.1, -0.05) is 108 Å². The van der Waals surface area contributed by atoms with Crippen LogP contribution in [0.3, 0.4) is 0 Å². The second-order valence-corrected chi connectivity index (χ2v) is 9.45. The fourth-order valence-corrected chi connectivity index (χ4v) is 4.22. The van der Waals surface area contributed by atoms with Gasteiger partial charge in [0.1, 0.15) is 0 Å². The van der Waals surface area contributed by atoms with Crippen molar-refractivity contribution in [2.45, 2.75) is 155 Å². The van der Waals surface area contributed by atoms with Gasteiger partial charge in [0.25, 0.3) is 0 Å². The molecule has 0 aliphatic carbocycles. The van der Waals surface area contributed by atoms with Crippen LogP contribution in [0.2, 0.25) is 0 Å². The molecule has 0 rings (SSSR count). The molecule has 32 heavy (non-hydrogen) atoms. The van der Waals surface area contributed by atoms with Gasteiger partial charge in [-0.15, -0.1) is 0 Å². The molecular formula is C28H52O4. The minimum absolute atomic E-state index is 0.316. The van der Waals surface area contributed by atoms with Crippen molar-refractivity contribution in [2.24, 2.45) is 0 Å². The van der Waals surface area contributed by atoms with Crippen molar-refractivity contribution in [3.63, 3.8) is 0 Å². The van der Waals surface area contributed by atoms with E-state index in [9.17, 15) is 9.59 Å². The first-order valence-electron chi connectivity index (χ1n) is 13.7. The Morgan fingerprint density at radius 3 is 1.12 bits per heavy atom. The number of carboxylic acids is 2. The summed E-state index contributed by atoms with van der Waals surface area (Å²) in [6.07, 6.45) is 28.6. The van der Waals surface area contributed by atoms with Crippen LogP contribution in [0.1, 0.15) is 155 Å². The van der Waals surface area contributed by atoms with Gasteiger partial charge in [0.2, 0.25) is 0 Å². The van der Waals surface area contributed by atoms with Crippen molar-refractivity contribution in [3.05, 3.63) is 11.6 Å². The molecule has 4 nitrogen and oxygen atoms in total. The average molecular weight is 453 g/mol. The van der Waals surface area contributed by atoms with Crippen LogP contribution >= 0.6 is 0 Å². The smallest absolute Gasteiger partial charge is 0.303 e. The average Bonchev–Trinajstić information content (AvgIpc) is 2.75. The molecule has 0 radical (unpaired) electrons. The highest BCUT2D eigenvalue weighted by Gasteiger charge is 2.01. The quantitative estimate of drug-likeness (QED) is 0.107. The Kier molecular flexibility index (Phi) is 23.3. The maximum atomic E-state index is 10.6. The number of unbranched alkanes of at least 4 members (excludes halogenated alkanes) is 16. The van der Waals surface area contributed by atoms with Gasteiger partial charge in [0.15, 0.2) is 0 Å². The first kappa shape index (κ1) is 30.7. The van der Waals surface area contributed by atoms with Crippen LogP contribution in [-0.4, -0.2) is 22.2 Å². The van der Waals surface area contributed by atoms with Gasteiger partial charge in [0, 0.05) is 12.8 Å². The second kappa shape index (κ2) is 24.3. The first-order valence-corrected chi connectivity index (χ1v) is 13.7. The molecular weight excluding hydrogens is 400 g/mol. The molecule has 0 aromatic rings. The number of allylic oxidation sites excluding steroid dienone is 2. The van der Waals surface area contributed by atoms with E-state index in [-0.39, 0.29) is 0 Å². The summed E-state index contributed by atoms with van der Waals surface area (Å²) in [5.74, 6) is -1.34. The van der Waals surface area contributed by atoms with Gasteiger partial charge in [0.05, 0.1) is 0 Å². The molecule has 0 amide bonds. The Labute approximate surface area is 198 Å². The number of aliphatic carboxylic acids is 2. The van der Waals surface area contributed by atoms with E-state index in [4.69, 9.17) is 10.2 Å². The fraction of sp³-hybridized carbons (Fsp3) is 0.857. The summed E-state index contributed by atoms with van der Waals surface area (Å²) in [6.45, 7) is 2.25. The third-order valence-corrected chi connectivity index (χ3v) is 6.27. The first-order chi connectivity index (χ1) is 15.6. The Morgan fingerprint density at radius 1 is 0.500 bits per heavy atom. The molecule has 188 valence electrons. The summed E-state index contributed by atoms with van der Waals surface area (Å²) < 4.78 is 0. The van der Waals surface area contributed by atoms with Gasteiger partial charge in [-0.25, -0.2) is 0 Å². The molecule has 0 bridgehead atoms. The Hall–Kier alpha value is -1.32. The fourth-order valence-electron chi connectivity index (χ4n) is 4.22. The second-order valence-electron chi connectivity index (χ2n) is 9.45. The number of carboxylic acid groups (broad SMARTS) is 2. The highest BCUT2D eigenvalue weighted by atomic mass is 16.4. The lowest BCUT2D eigenvalue weighted by molar-refractivity contribution is -0.138. The zero-order chi connectivity index (χ0) is 23.7. The van der Waals surface area contributed by atoms with E-state index >= 15 is 0 Å². The number of hydrogen-bond donors (Lipinski definition) is 2. The van der Waals surface area contributed by atoms with Gasteiger partial charge in [-0.3, -0.25) is 9.59 Å². The van der Waals surface area contributed by atoms with Crippen molar-refractivity contribution in [1.82, 2.24) is 0 Å². The van der Waals surface area contributed by atoms with Crippen LogP contribution in [0.4, 0.5) is 0 Å². The van der Waals surface area contributed by atoms with Gasteiger partial charge < -0.3 is 10.2 Å². The zero-order valence-corrected chi connectivity index (χ0v) is 21.1. The minimum Gasteiger partial charge on any atom is -0.481 e. The number of hydrogen-bond acceptors (Lipinski definition) is 2. The Balaban J connectivity index is 3.66. The monoisotopic (exact) mass is 452 g/mol. The molecule has 4 heteroatoms. The third kappa shape index (κ3) is 24.9. The SMILES string of the molecule is CCCC/C=C(/CCCCCCCCCCCCCC(=O)O)CCCCCCCC(=O)O. The minimum atomic E-state index is -0.670. The van der Waals surface area contributed by atoms with Crippen molar-refractivity contribution in [1.29, 1.82) is 0 Å². The molecule has 0 aliphatic rings. The van der Waals surface area contributed by atoms with Crippen LogP contribution in [0.15, 0.2) is 11.6 Å². The highest BCUT2D eigenvalue weighted by molar-refractivity contribution is 5.66. The summed E-state index contributed by atoms with van der Waals surface area (Å²) in [5.41, 5.74) is 1.66. The van der Waals surface area contributed by atoms with Crippen molar-refractivity contribution in [2.75, 3.05) is 0 Å². The van der Waals surface area contributed by atoms with Gasteiger partial charge in [-0.2, -0.15) is 0 Å². The van der Waals surface area contributed by atoms with Gasteiger partial charge in [-0.05, 0) is 44.9 Å². The normalized spacial score (nSPS) is 11.7. The molecule has 0 atom stereocenters. The largest absolute Gasteiger partial charge is 0.481 e. The Bertz CT molecular complexity index is 470. The summed E-state index contributed by atoms with van der Waals surface area (Å²) in [6, 6.07) is 0. The lowest BCUT2D eigenvalue weighted by Crippen LogP contribution is -1.93. The van der Waals surface area contributed by atoms with E-state index in [1.165, 1.54) is 103 Å². The third-order valence-electron chi connectivity index (χ3n) is 6.27. The molecule has 2 N–H and O–H groups in total.